The van der Waals surface area contributed by atoms with Crippen LogP contribution in [0.2, 0.25) is 0 Å². The van der Waals surface area contributed by atoms with E-state index in [1.54, 1.807) is 6.92 Å². The maximum atomic E-state index is 7.57. The normalized spacial score (nSPS) is 24.4. The first kappa shape index (κ1) is 12.7. The third-order valence-electron chi connectivity index (χ3n) is 1.86. The van der Waals surface area contributed by atoms with Crippen LogP contribution in [0.3, 0.4) is 0 Å². The number of epoxide rings is 1. The highest BCUT2D eigenvalue weighted by Gasteiger charge is 2.37. The Morgan fingerprint density at radius 1 is 1.54 bits per heavy atom. The molecule has 2 nitrogen and oxygen atoms in total. The van der Waals surface area contributed by atoms with Gasteiger partial charge in [-0.2, -0.15) is 0 Å². The highest BCUT2D eigenvalue weighted by Crippen LogP contribution is 2.31. The molecule has 1 heterocycles. The molecule has 0 aromatic rings. The predicted molar refractivity (Wildman–Crippen MR) is 55.8 cm³/mol. The Bertz CT molecular complexity index is 153. The summed E-state index contributed by atoms with van der Waals surface area (Å²) in [7, 11) is 0. The Kier molecular flexibility index (Phi) is 6.00. The van der Waals surface area contributed by atoms with Crippen LogP contribution in [0.5, 0.6) is 0 Å². The topological polar surface area (TPSA) is 32.8 Å². The van der Waals surface area contributed by atoms with E-state index < -0.39 is 0 Å². The lowest BCUT2D eigenvalue weighted by atomic mass is 10.1. The summed E-state index contributed by atoms with van der Waals surface area (Å²) in [5, 5.41) is 7.57. The van der Waals surface area contributed by atoms with Crippen LogP contribution in [-0.2, 0) is 4.74 Å². The number of rotatable bonds is 3. The Balaban J connectivity index is 0.000000424. The van der Waals surface area contributed by atoms with Crippen molar-refractivity contribution in [3.8, 4) is 0 Å². The van der Waals surface area contributed by atoms with Gasteiger partial charge in [-0.3, -0.25) is 0 Å². The maximum Gasteiger partial charge on any atom is 0.0891 e. The predicted octanol–water partition coefficient (Wildman–Crippen LogP) is 2.52. The smallest absolute Gasteiger partial charge is 0.0891 e. The lowest BCUT2D eigenvalue weighted by molar-refractivity contribution is 0.310. The van der Waals surface area contributed by atoms with Crippen molar-refractivity contribution in [2.45, 2.75) is 46.1 Å². The van der Waals surface area contributed by atoms with Gasteiger partial charge in [0.15, 0.2) is 0 Å². The van der Waals surface area contributed by atoms with Crippen LogP contribution in [0.4, 0.5) is 0 Å². The summed E-state index contributed by atoms with van der Waals surface area (Å²) in [6, 6.07) is 0. The molecule has 1 aliphatic rings. The largest absolute Gasteiger partial charge is 0.397 e. The Labute approximate surface area is 81.6 Å². The molecule has 0 saturated carbocycles. The first-order valence-electron chi connectivity index (χ1n) is 4.92. The quantitative estimate of drug-likeness (QED) is 0.542. The van der Waals surface area contributed by atoms with Gasteiger partial charge in [-0.15, -0.1) is 0 Å². The number of ether oxygens (including phenoxy) is 1. The van der Waals surface area contributed by atoms with Gasteiger partial charge in [-0.25, -0.2) is 0 Å². The first-order valence-corrected chi connectivity index (χ1v) is 4.92. The second-order valence-corrected chi connectivity index (χ2v) is 3.87. The van der Waals surface area contributed by atoms with E-state index in [2.05, 4.69) is 26.8 Å². The third-order valence-corrected chi connectivity index (χ3v) is 1.86. The summed E-state index contributed by atoms with van der Waals surface area (Å²) in [6.45, 7) is 9.33. The molecule has 0 amide bonds. The molecule has 0 radical (unpaired) electrons. The standard InChI is InChI=1S/C9H16O.C2H6O/c1-8(2)5-4-6-9(3)7-10-9;1-2-3/h5H,4,6-7H2,1-3H3;3H,2H2,1H3. The van der Waals surface area contributed by atoms with Gasteiger partial charge in [-0.05, 0) is 40.5 Å². The van der Waals surface area contributed by atoms with Crippen LogP contribution in [0.15, 0.2) is 11.6 Å². The van der Waals surface area contributed by atoms with Crippen molar-refractivity contribution >= 4 is 0 Å². The van der Waals surface area contributed by atoms with E-state index in [0.29, 0.717) is 0 Å². The summed E-state index contributed by atoms with van der Waals surface area (Å²) >= 11 is 0. The zero-order chi connectivity index (χ0) is 10.3. The zero-order valence-corrected chi connectivity index (χ0v) is 9.26. The fraction of sp³-hybridized carbons (Fsp3) is 0.818. The lowest BCUT2D eigenvalue weighted by Crippen LogP contribution is -2.01. The van der Waals surface area contributed by atoms with Crippen molar-refractivity contribution in [2.24, 2.45) is 0 Å². The zero-order valence-electron chi connectivity index (χ0n) is 9.26. The van der Waals surface area contributed by atoms with Crippen molar-refractivity contribution in [3.63, 3.8) is 0 Å². The van der Waals surface area contributed by atoms with Crippen LogP contribution in [0.25, 0.3) is 0 Å². The van der Waals surface area contributed by atoms with E-state index >= 15 is 0 Å². The highest BCUT2D eigenvalue weighted by atomic mass is 16.6. The van der Waals surface area contributed by atoms with Gasteiger partial charge in [0, 0.05) is 6.61 Å². The van der Waals surface area contributed by atoms with Crippen molar-refractivity contribution in [3.05, 3.63) is 11.6 Å². The van der Waals surface area contributed by atoms with Crippen molar-refractivity contribution in [1.82, 2.24) is 0 Å². The van der Waals surface area contributed by atoms with Crippen molar-refractivity contribution < 1.29 is 9.84 Å². The average Bonchev–Trinajstić information content (AvgIpc) is 2.69. The van der Waals surface area contributed by atoms with Crippen LogP contribution in [-0.4, -0.2) is 23.9 Å². The van der Waals surface area contributed by atoms with E-state index in [1.807, 2.05) is 0 Å². The number of aliphatic hydroxyl groups is 1. The molecule has 1 N–H and O–H groups in total. The van der Waals surface area contributed by atoms with Gasteiger partial charge in [0.05, 0.1) is 12.2 Å². The lowest BCUT2D eigenvalue weighted by Gasteiger charge is -2.00. The summed E-state index contributed by atoms with van der Waals surface area (Å²) < 4.78 is 5.25. The second-order valence-electron chi connectivity index (χ2n) is 3.87. The highest BCUT2D eigenvalue weighted by molar-refractivity contribution is 4.96. The fourth-order valence-electron chi connectivity index (χ4n) is 0.934. The SMILES string of the molecule is CC(C)=CCCC1(C)CO1.CCO. The molecule has 2 heteroatoms. The molecule has 1 aliphatic heterocycles. The van der Waals surface area contributed by atoms with E-state index in [-0.39, 0.29) is 12.2 Å². The first-order chi connectivity index (χ1) is 6.04. The minimum atomic E-state index is 0.242. The number of hydrogen-bond acceptors (Lipinski definition) is 2. The van der Waals surface area contributed by atoms with Gasteiger partial charge >= 0.3 is 0 Å². The molecular formula is C11H22O2. The monoisotopic (exact) mass is 186 g/mol. The minimum Gasteiger partial charge on any atom is -0.397 e. The molecule has 1 rings (SSSR count). The Hall–Kier alpha value is -0.340. The Morgan fingerprint density at radius 3 is 2.31 bits per heavy atom. The summed E-state index contributed by atoms with van der Waals surface area (Å²) in [4.78, 5) is 0. The Morgan fingerprint density at radius 2 is 2.00 bits per heavy atom. The van der Waals surface area contributed by atoms with Crippen LogP contribution >= 0.6 is 0 Å². The molecule has 0 spiro atoms. The average molecular weight is 186 g/mol. The molecular weight excluding hydrogens is 164 g/mol. The van der Waals surface area contributed by atoms with Gasteiger partial charge in [-0.1, -0.05) is 11.6 Å². The van der Waals surface area contributed by atoms with Crippen LogP contribution in [0, 0.1) is 0 Å². The van der Waals surface area contributed by atoms with Crippen molar-refractivity contribution in [1.29, 1.82) is 0 Å². The summed E-state index contributed by atoms with van der Waals surface area (Å²) in [5.41, 5.74) is 1.65. The maximum absolute atomic E-state index is 7.57. The van der Waals surface area contributed by atoms with Crippen LogP contribution < -0.4 is 0 Å². The summed E-state index contributed by atoms with van der Waals surface area (Å²) in [6.07, 6.45) is 4.62. The van der Waals surface area contributed by atoms with E-state index in [9.17, 15) is 0 Å². The third kappa shape index (κ3) is 8.00. The van der Waals surface area contributed by atoms with E-state index in [4.69, 9.17) is 9.84 Å². The van der Waals surface area contributed by atoms with E-state index in [1.165, 1.54) is 18.4 Å². The minimum absolute atomic E-state index is 0.242. The van der Waals surface area contributed by atoms with Gasteiger partial charge in [0.25, 0.3) is 0 Å². The number of allylic oxidation sites excluding steroid dienone is 2. The van der Waals surface area contributed by atoms with Gasteiger partial charge in [0.2, 0.25) is 0 Å². The van der Waals surface area contributed by atoms with Crippen LogP contribution in [0.1, 0.15) is 40.5 Å². The molecule has 0 bridgehead atoms. The van der Waals surface area contributed by atoms with Crippen molar-refractivity contribution in [2.75, 3.05) is 13.2 Å². The van der Waals surface area contributed by atoms with E-state index in [0.717, 1.165) is 6.61 Å². The molecule has 1 saturated heterocycles. The fourth-order valence-corrected chi connectivity index (χ4v) is 0.934. The second kappa shape index (κ2) is 6.17. The summed E-state index contributed by atoms with van der Waals surface area (Å²) in [5.74, 6) is 0. The van der Waals surface area contributed by atoms with Gasteiger partial charge < -0.3 is 9.84 Å². The molecule has 1 atom stereocenters. The molecule has 1 fully saturated rings. The molecule has 0 aliphatic carbocycles. The molecule has 0 aromatic heterocycles. The number of hydrogen-bond donors (Lipinski definition) is 1. The van der Waals surface area contributed by atoms with Gasteiger partial charge in [0.1, 0.15) is 0 Å². The number of aliphatic hydroxyl groups excluding tert-OH is 1. The molecule has 1 unspecified atom stereocenters. The molecule has 78 valence electrons. The molecule has 13 heavy (non-hydrogen) atoms. The molecule has 0 aromatic carbocycles.